The molecule has 0 unspecified atom stereocenters. The average molecular weight is 286 g/mol. The standard InChI is InChI=1S/C12H15FN2O3S/c1-3-4-7-19(18)14-9(2)11-8-10(15(16)17)5-6-12(11)13/h5-6,8H,3-4,7H2,1-2H3/b14-9+/t19-/m1/s1. The third-order valence-corrected chi connectivity index (χ3v) is 3.58. The number of nitrogens with zero attached hydrogens (tertiary/aromatic N) is 2. The van der Waals surface area contributed by atoms with Crippen LogP contribution in [0.3, 0.4) is 0 Å². The van der Waals surface area contributed by atoms with E-state index < -0.39 is 22.1 Å². The van der Waals surface area contributed by atoms with Gasteiger partial charge < -0.3 is 4.55 Å². The maximum absolute atomic E-state index is 13.6. The molecule has 0 aliphatic carbocycles. The van der Waals surface area contributed by atoms with Crippen LogP contribution in [0.5, 0.6) is 0 Å². The fourth-order valence-electron chi connectivity index (χ4n) is 1.42. The molecule has 0 radical (unpaired) electrons. The largest absolute Gasteiger partial charge is 0.591 e. The fraction of sp³-hybridized carbons (Fsp3) is 0.417. The van der Waals surface area contributed by atoms with Crippen molar-refractivity contribution in [3.05, 3.63) is 39.7 Å². The van der Waals surface area contributed by atoms with Gasteiger partial charge in [-0.1, -0.05) is 17.7 Å². The lowest BCUT2D eigenvalue weighted by molar-refractivity contribution is -0.384. The number of hydrogen-bond donors (Lipinski definition) is 0. The second-order valence-electron chi connectivity index (χ2n) is 3.98. The predicted molar refractivity (Wildman–Crippen MR) is 73.2 cm³/mol. The molecule has 0 saturated heterocycles. The van der Waals surface area contributed by atoms with Crippen molar-refractivity contribution in [2.24, 2.45) is 4.40 Å². The molecule has 0 aromatic heterocycles. The summed E-state index contributed by atoms with van der Waals surface area (Å²) in [5, 5.41) is 10.6. The third kappa shape index (κ3) is 4.60. The highest BCUT2D eigenvalue weighted by Crippen LogP contribution is 2.18. The molecular weight excluding hydrogens is 271 g/mol. The maximum Gasteiger partial charge on any atom is 0.270 e. The first kappa shape index (κ1) is 15.6. The summed E-state index contributed by atoms with van der Waals surface area (Å²) in [4.78, 5) is 10.0. The summed E-state index contributed by atoms with van der Waals surface area (Å²) in [5.74, 6) is -0.205. The normalized spacial score (nSPS) is 13.4. The van der Waals surface area contributed by atoms with Crippen molar-refractivity contribution in [1.82, 2.24) is 0 Å². The molecule has 0 amide bonds. The van der Waals surface area contributed by atoms with E-state index in [-0.39, 0.29) is 17.0 Å². The van der Waals surface area contributed by atoms with Crippen molar-refractivity contribution in [2.45, 2.75) is 26.7 Å². The van der Waals surface area contributed by atoms with E-state index in [1.165, 1.54) is 6.92 Å². The number of halogens is 1. The van der Waals surface area contributed by atoms with E-state index in [4.69, 9.17) is 0 Å². The minimum absolute atomic E-state index is 0.0130. The van der Waals surface area contributed by atoms with Crippen LogP contribution in [0.25, 0.3) is 0 Å². The topological polar surface area (TPSA) is 78.6 Å². The van der Waals surface area contributed by atoms with E-state index in [0.29, 0.717) is 5.75 Å². The summed E-state index contributed by atoms with van der Waals surface area (Å²) < 4.78 is 29.0. The van der Waals surface area contributed by atoms with Gasteiger partial charge in [-0.3, -0.25) is 10.1 Å². The average Bonchev–Trinajstić information content (AvgIpc) is 2.36. The van der Waals surface area contributed by atoms with Crippen molar-refractivity contribution in [3.8, 4) is 0 Å². The number of non-ortho nitro benzene ring substituents is 1. The Bertz CT molecular complexity index is 494. The minimum Gasteiger partial charge on any atom is -0.591 e. The molecule has 0 heterocycles. The monoisotopic (exact) mass is 286 g/mol. The molecule has 104 valence electrons. The molecule has 1 rings (SSSR count). The van der Waals surface area contributed by atoms with Gasteiger partial charge in [-0.05, 0) is 19.4 Å². The number of benzene rings is 1. The van der Waals surface area contributed by atoms with Crippen LogP contribution in [-0.2, 0) is 11.4 Å². The second kappa shape index (κ2) is 7.20. The van der Waals surface area contributed by atoms with E-state index in [1.807, 2.05) is 6.92 Å². The predicted octanol–water partition coefficient (Wildman–Crippen LogP) is 3.01. The summed E-state index contributed by atoms with van der Waals surface area (Å²) >= 11 is -1.42. The first-order chi connectivity index (χ1) is 8.95. The van der Waals surface area contributed by atoms with Crippen molar-refractivity contribution in [2.75, 3.05) is 5.75 Å². The van der Waals surface area contributed by atoms with Crippen LogP contribution in [0.15, 0.2) is 22.6 Å². The van der Waals surface area contributed by atoms with Gasteiger partial charge in [-0.2, -0.15) is 0 Å². The molecule has 0 aliphatic rings. The Balaban J connectivity index is 2.97. The maximum atomic E-state index is 13.6. The lowest BCUT2D eigenvalue weighted by atomic mass is 10.1. The van der Waals surface area contributed by atoms with Crippen molar-refractivity contribution in [1.29, 1.82) is 0 Å². The summed E-state index contributed by atoms with van der Waals surface area (Å²) in [6, 6.07) is 3.20. The van der Waals surface area contributed by atoms with E-state index >= 15 is 0 Å². The molecule has 5 nitrogen and oxygen atoms in total. The Morgan fingerprint density at radius 1 is 1.53 bits per heavy atom. The Kier molecular flexibility index (Phi) is 5.91. The van der Waals surface area contributed by atoms with Crippen molar-refractivity contribution in [3.63, 3.8) is 0 Å². The Hall–Kier alpha value is -1.47. The Morgan fingerprint density at radius 3 is 2.79 bits per heavy atom. The summed E-state index contributed by atoms with van der Waals surface area (Å²) in [6.07, 6.45) is 1.66. The molecule has 0 fully saturated rings. The molecule has 0 aliphatic heterocycles. The lowest BCUT2D eigenvalue weighted by Gasteiger charge is -2.05. The van der Waals surface area contributed by atoms with Gasteiger partial charge in [0.25, 0.3) is 5.69 Å². The molecule has 1 aromatic carbocycles. The van der Waals surface area contributed by atoms with Crippen LogP contribution < -0.4 is 0 Å². The van der Waals surface area contributed by atoms with Gasteiger partial charge in [0.05, 0.1) is 22.0 Å². The first-order valence-corrected chi connectivity index (χ1v) is 7.11. The second-order valence-corrected chi connectivity index (χ2v) is 5.21. The number of nitro groups is 1. The van der Waals surface area contributed by atoms with Gasteiger partial charge in [0.1, 0.15) is 11.6 Å². The van der Waals surface area contributed by atoms with Gasteiger partial charge in [-0.15, -0.1) is 0 Å². The van der Waals surface area contributed by atoms with E-state index in [0.717, 1.165) is 31.0 Å². The Labute approximate surface area is 114 Å². The smallest absolute Gasteiger partial charge is 0.270 e. The lowest BCUT2D eigenvalue weighted by Crippen LogP contribution is -2.08. The third-order valence-electron chi connectivity index (χ3n) is 2.46. The van der Waals surface area contributed by atoms with Gasteiger partial charge in [-0.25, -0.2) is 4.39 Å². The highest BCUT2D eigenvalue weighted by molar-refractivity contribution is 7.90. The number of nitro benzene ring substituents is 1. The van der Waals surface area contributed by atoms with E-state index in [2.05, 4.69) is 4.40 Å². The van der Waals surface area contributed by atoms with Crippen molar-refractivity contribution < 1.29 is 13.9 Å². The quantitative estimate of drug-likeness (QED) is 0.349. The SMILES string of the molecule is CCCC[S@@+]([O-])/N=C(\C)c1cc([N+](=O)[O-])ccc1F. The van der Waals surface area contributed by atoms with Crippen LogP contribution in [0, 0.1) is 15.9 Å². The molecule has 19 heavy (non-hydrogen) atoms. The number of hydrogen-bond acceptors (Lipinski definition) is 4. The fourth-order valence-corrected chi connectivity index (χ4v) is 2.45. The van der Waals surface area contributed by atoms with Crippen LogP contribution in [0.4, 0.5) is 10.1 Å². The molecule has 0 N–H and O–H groups in total. The van der Waals surface area contributed by atoms with Crippen LogP contribution >= 0.6 is 0 Å². The van der Waals surface area contributed by atoms with E-state index in [1.54, 1.807) is 0 Å². The highest BCUT2D eigenvalue weighted by atomic mass is 32.2. The molecule has 1 aromatic rings. The zero-order chi connectivity index (χ0) is 14.4. The molecule has 7 heteroatoms. The Morgan fingerprint density at radius 2 is 2.21 bits per heavy atom. The van der Waals surface area contributed by atoms with Crippen LogP contribution in [0.1, 0.15) is 32.3 Å². The summed E-state index contributed by atoms with van der Waals surface area (Å²) in [5.41, 5.74) is -0.0000228. The number of unbranched alkanes of at least 4 members (excludes halogenated alkanes) is 1. The molecule has 0 spiro atoms. The van der Waals surface area contributed by atoms with Gasteiger partial charge in [0.2, 0.25) is 0 Å². The zero-order valence-corrected chi connectivity index (χ0v) is 11.6. The molecule has 1 atom stereocenters. The zero-order valence-electron chi connectivity index (χ0n) is 10.8. The summed E-state index contributed by atoms with van der Waals surface area (Å²) in [6.45, 7) is 3.46. The first-order valence-electron chi connectivity index (χ1n) is 5.83. The van der Waals surface area contributed by atoms with Gasteiger partial charge in [0.15, 0.2) is 0 Å². The van der Waals surface area contributed by atoms with E-state index in [9.17, 15) is 19.1 Å². The molecular formula is C12H15FN2O3S. The number of rotatable bonds is 6. The van der Waals surface area contributed by atoms with Crippen molar-refractivity contribution >= 4 is 22.8 Å². The highest BCUT2D eigenvalue weighted by Gasteiger charge is 2.15. The van der Waals surface area contributed by atoms with Gasteiger partial charge in [0, 0.05) is 17.7 Å². The van der Waals surface area contributed by atoms with Gasteiger partial charge >= 0.3 is 0 Å². The van der Waals surface area contributed by atoms with Crippen LogP contribution in [-0.4, -0.2) is 20.9 Å². The summed E-state index contributed by atoms with van der Waals surface area (Å²) in [7, 11) is 0. The molecule has 0 saturated carbocycles. The minimum atomic E-state index is -1.42. The molecule has 0 bridgehead atoms. The van der Waals surface area contributed by atoms with Crippen LogP contribution in [0.2, 0.25) is 0 Å².